The van der Waals surface area contributed by atoms with Gasteiger partial charge in [-0.1, -0.05) is 35.4 Å². The number of halogens is 1. The summed E-state index contributed by atoms with van der Waals surface area (Å²) >= 11 is 5.97. The molecular weight excluding hydrogens is 376 g/mol. The largest absolute Gasteiger partial charge is 0.325 e. The van der Waals surface area contributed by atoms with E-state index in [1.165, 1.54) is 5.56 Å². The minimum absolute atomic E-state index is 0.0436. The van der Waals surface area contributed by atoms with Crippen molar-refractivity contribution in [3.63, 3.8) is 0 Å². The summed E-state index contributed by atoms with van der Waals surface area (Å²) in [6.45, 7) is 4.31. The van der Waals surface area contributed by atoms with Gasteiger partial charge in [-0.05, 0) is 44.2 Å². The lowest BCUT2D eigenvalue weighted by Crippen LogP contribution is -2.58. The van der Waals surface area contributed by atoms with Crippen molar-refractivity contribution >= 4 is 34.7 Å². The van der Waals surface area contributed by atoms with E-state index in [0.717, 1.165) is 5.69 Å². The Morgan fingerprint density at radius 3 is 2.68 bits per heavy atom. The summed E-state index contributed by atoms with van der Waals surface area (Å²) in [7, 11) is 0. The number of nitrogens with one attached hydrogen (secondary N) is 3. The molecule has 0 spiro atoms. The number of amides is 1. The van der Waals surface area contributed by atoms with Crippen LogP contribution < -0.4 is 21.1 Å². The highest BCUT2D eigenvalue weighted by Crippen LogP contribution is 2.32. The number of piperidine rings is 1. The van der Waals surface area contributed by atoms with Crippen LogP contribution in [0.3, 0.4) is 0 Å². The molecule has 146 valence electrons. The fourth-order valence-electron chi connectivity index (χ4n) is 3.96. The van der Waals surface area contributed by atoms with Crippen LogP contribution in [0.4, 0.5) is 11.4 Å². The molecule has 4 rings (SSSR count). The van der Waals surface area contributed by atoms with Gasteiger partial charge in [-0.25, -0.2) is 5.43 Å². The number of nitrogens with zero attached hydrogens (tertiary/aromatic N) is 1. The number of benzene rings is 2. The van der Waals surface area contributed by atoms with Crippen molar-refractivity contribution in [1.29, 1.82) is 0 Å². The maximum atomic E-state index is 13.2. The molecule has 0 saturated carbocycles. The fraction of sp³-hybridized carbons (Fsp3) is 0.333. The van der Waals surface area contributed by atoms with Gasteiger partial charge < -0.3 is 5.32 Å². The molecule has 0 aromatic heterocycles. The summed E-state index contributed by atoms with van der Waals surface area (Å²) in [6.07, 6.45) is -0.180. The molecular formula is C21H23ClN4O2. The second kappa shape index (κ2) is 7.54. The van der Waals surface area contributed by atoms with Crippen molar-refractivity contribution in [2.45, 2.75) is 26.1 Å². The molecule has 4 unspecified atom stereocenters. The molecule has 2 aromatic rings. The van der Waals surface area contributed by atoms with Gasteiger partial charge in [0.25, 0.3) is 0 Å². The number of hydrogen-bond acceptors (Lipinski definition) is 5. The van der Waals surface area contributed by atoms with E-state index in [0.29, 0.717) is 17.3 Å². The lowest BCUT2D eigenvalue weighted by Gasteiger charge is -2.35. The molecule has 3 N–H and O–H groups in total. The summed E-state index contributed by atoms with van der Waals surface area (Å²) in [5, 5.41) is 8.73. The van der Waals surface area contributed by atoms with Gasteiger partial charge in [0.05, 0.1) is 11.6 Å². The summed E-state index contributed by atoms with van der Waals surface area (Å²) in [4.78, 5) is 25.9. The smallest absolute Gasteiger partial charge is 0.236 e. The average molecular weight is 399 g/mol. The number of aryl methyl sites for hydroxylation is 1. The SMILES string of the molecule is Cc1ccc(N2NC(C)C3C(=O)C(C(=O)Nc4cccc(Cl)c4)CNC32)cc1. The van der Waals surface area contributed by atoms with Crippen LogP contribution in [0.25, 0.3) is 0 Å². The lowest BCUT2D eigenvalue weighted by atomic mass is 9.83. The van der Waals surface area contributed by atoms with Crippen LogP contribution in [0.15, 0.2) is 48.5 Å². The zero-order chi connectivity index (χ0) is 19.8. The lowest BCUT2D eigenvalue weighted by molar-refractivity contribution is -0.136. The highest BCUT2D eigenvalue weighted by atomic mass is 35.5. The number of fused-ring (bicyclic) bond motifs is 1. The number of carbonyl (C=O) groups is 2. The maximum absolute atomic E-state index is 13.2. The second-order valence-electron chi connectivity index (χ2n) is 7.46. The van der Waals surface area contributed by atoms with Crippen LogP contribution >= 0.6 is 11.6 Å². The molecule has 4 atom stereocenters. The van der Waals surface area contributed by atoms with Crippen LogP contribution in [0.5, 0.6) is 0 Å². The van der Waals surface area contributed by atoms with Crippen molar-refractivity contribution in [2.24, 2.45) is 11.8 Å². The normalized spacial score (nSPS) is 26.8. The first-order valence-electron chi connectivity index (χ1n) is 9.39. The molecule has 0 aliphatic carbocycles. The number of rotatable bonds is 3. The van der Waals surface area contributed by atoms with E-state index in [1.54, 1.807) is 24.3 Å². The van der Waals surface area contributed by atoms with E-state index in [2.05, 4.69) is 16.1 Å². The van der Waals surface area contributed by atoms with E-state index >= 15 is 0 Å². The van der Waals surface area contributed by atoms with Gasteiger partial charge >= 0.3 is 0 Å². The average Bonchev–Trinajstić information content (AvgIpc) is 3.00. The summed E-state index contributed by atoms with van der Waals surface area (Å²) in [5.74, 6) is -1.40. The van der Waals surface area contributed by atoms with E-state index in [1.807, 2.05) is 43.1 Å². The summed E-state index contributed by atoms with van der Waals surface area (Å²) in [5.41, 5.74) is 6.14. The molecule has 28 heavy (non-hydrogen) atoms. The Hall–Kier alpha value is -2.41. The van der Waals surface area contributed by atoms with Crippen LogP contribution in [0.1, 0.15) is 12.5 Å². The Balaban J connectivity index is 1.50. The molecule has 0 radical (unpaired) electrons. The van der Waals surface area contributed by atoms with Crippen molar-refractivity contribution in [1.82, 2.24) is 10.7 Å². The first-order chi connectivity index (χ1) is 13.4. The molecule has 2 aliphatic rings. The molecule has 2 saturated heterocycles. The maximum Gasteiger partial charge on any atom is 0.236 e. The Morgan fingerprint density at radius 2 is 1.96 bits per heavy atom. The van der Waals surface area contributed by atoms with Gasteiger partial charge in [0.1, 0.15) is 12.1 Å². The number of hydrogen-bond donors (Lipinski definition) is 3. The number of Topliss-reactive ketones (excluding diaryl/α,β-unsaturated/α-hetero) is 1. The second-order valence-corrected chi connectivity index (χ2v) is 7.89. The van der Waals surface area contributed by atoms with Crippen LogP contribution in [-0.2, 0) is 9.59 Å². The predicted molar refractivity (Wildman–Crippen MR) is 110 cm³/mol. The minimum Gasteiger partial charge on any atom is -0.325 e. The highest BCUT2D eigenvalue weighted by Gasteiger charge is 2.50. The third-order valence-electron chi connectivity index (χ3n) is 5.42. The summed E-state index contributed by atoms with van der Waals surface area (Å²) in [6, 6.07) is 15.0. The Labute approximate surface area is 169 Å². The molecule has 2 fully saturated rings. The van der Waals surface area contributed by atoms with Crippen LogP contribution in [-0.4, -0.2) is 30.4 Å². The standard InChI is InChI=1S/C21H23ClN4O2/c1-12-6-8-16(9-7-12)26-20-18(13(2)25-26)19(27)17(11-23-20)21(28)24-15-5-3-4-14(22)10-15/h3-10,13,17-18,20,23,25H,11H2,1-2H3,(H,24,28). The molecule has 2 aromatic carbocycles. The fourth-order valence-corrected chi connectivity index (χ4v) is 4.15. The molecule has 7 heteroatoms. The monoisotopic (exact) mass is 398 g/mol. The zero-order valence-electron chi connectivity index (χ0n) is 15.8. The van der Waals surface area contributed by atoms with Gasteiger partial charge in [-0.15, -0.1) is 0 Å². The van der Waals surface area contributed by atoms with Crippen molar-refractivity contribution in [3.05, 3.63) is 59.1 Å². The Kier molecular flexibility index (Phi) is 5.10. The molecule has 0 bridgehead atoms. The zero-order valence-corrected chi connectivity index (χ0v) is 16.5. The number of hydrazine groups is 1. The van der Waals surface area contributed by atoms with Crippen LogP contribution in [0.2, 0.25) is 5.02 Å². The van der Waals surface area contributed by atoms with Gasteiger partial charge in [-0.3, -0.25) is 19.9 Å². The highest BCUT2D eigenvalue weighted by molar-refractivity contribution is 6.31. The Bertz CT molecular complexity index is 902. The molecule has 1 amide bonds. The third kappa shape index (κ3) is 3.51. The topological polar surface area (TPSA) is 73.5 Å². The first-order valence-corrected chi connectivity index (χ1v) is 9.77. The van der Waals surface area contributed by atoms with E-state index in [-0.39, 0.29) is 29.8 Å². The van der Waals surface area contributed by atoms with Crippen molar-refractivity contribution < 1.29 is 9.59 Å². The van der Waals surface area contributed by atoms with E-state index in [4.69, 9.17) is 11.6 Å². The van der Waals surface area contributed by atoms with Gasteiger partial charge in [0.2, 0.25) is 5.91 Å². The first kappa shape index (κ1) is 18.9. The molecule has 2 heterocycles. The van der Waals surface area contributed by atoms with E-state index in [9.17, 15) is 9.59 Å². The predicted octanol–water partition coefficient (Wildman–Crippen LogP) is 2.73. The van der Waals surface area contributed by atoms with E-state index < -0.39 is 5.92 Å². The summed E-state index contributed by atoms with van der Waals surface area (Å²) < 4.78 is 0. The van der Waals surface area contributed by atoms with Gasteiger partial charge in [0, 0.05) is 23.3 Å². The minimum atomic E-state index is -0.734. The van der Waals surface area contributed by atoms with Crippen molar-refractivity contribution in [2.75, 3.05) is 16.9 Å². The number of carbonyl (C=O) groups excluding carboxylic acids is 2. The van der Waals surface area contributed by atoms with Crippen molar-refractivity contribution in [3.8, 4) is 0 Å². The molecule has 2 aliphatic heterocycles. The van der Waals surface area contributed by atoms with Gasteiger partial charge in [-0.2, -0.15) is 0 Å². The number of ketones is 1. The van der Waals surface area contributed by atoms with Gasteiger partial charge in [0.15, 0.2) is 5.78 Å². The third-order valence-corrected chi connectivity index (χ3v) is 5.66. The quantitative estimate of drug-likeness (QED) is 0.693. The molecule has 6 nitrogen and oxygen atoms in total. The van der Waals surface area contributed by atoms with Crippen LogP contribution in [0, 0.1) is 18.8 Å². The Morgan fingerprint density at radius 1 is 1.21 bits per heavy atom. The number of anilines is 2.